The van der Waals surface area contributed by atoms with Gasteiger partial charge in [-0.2, -0.15) is 11.8 Å². The van der Waals surface area contributed by atoms with Gasteiger partial charge in [0.1, 0.15) is 0 Å². The highest BCUT2D eigenvalue weighted by Crippen LogP contribution is 2.20. The minimum atomic E-state index is 0. The molecule has 0 amide bonds. The van der Waals surface area contributed by atoms with Crippen molar-refractivity contribution < 1.29 is 9.47 Å². The number of nitrogens with zero attached hydrogens (tertiary/aromatic N) is 2. The fraction of sp³-hybridized carbons (Fsp3) is 0.941. The largest absolute Gasteiger partial charge is 0.376 e. The van der Waals surface area contributed by atoms with Crippen molar-refractivity contribution in [3.8, 4) is 0 Å². The third-order valence-electron chi connectivity index (χ3n) is 4.72. The summed E-state index contributed by atoms with van der Waals surface area (Å²) in [5.41, 5.74) is 0. The number of halogens is 1. The predicted octanol–water partition coefficient (Wildman–Crippen LogP) is 2.98. The zero-order valence-corrected chi connectivity index (χ0v) is 18.7. The predicted molar refractivity (Wildman–Crippen MR) is 114 cm³/mol. The summed E-state index contributed by atoms with van der Waals surface area (Å²) in [5, 5.41) is 3.52. The Labute approximate surface area is 168 Å². The maximum absolute atomic E-state index is 6.04. The number of hydrogen-bond donors (Lipinski definition) is 1. The first kappa shape index (κ1) is 22.3. The van der Waals surface area contributed by atoms with Crippen molar-refractivity contribution in [2.24, 2.45) is 4.99 Å². The number of guanidine groups is 1. The van der Waals surface area contributed by atoms with E-state index in [1.165, 1.54) is 6.42 Å². The number of thioether (sulfide) groups is 1. The van der Waals surface area contributed by atoms with E-state index in [0.29, 0.717) is 12.2 Å². The van der Waals surface area contributed by atoms with E-state index < -0.39 is 0 Å². The molecule has 0 bridgehead atoms. The quantitative estimate of drug-likeness (QED) is 0.367. The summed E-state index contributed by atoms with van der Waals surface area (Å²) >= 11 is 1.88. The van der Waals surface area contributed by atoms with Gasteiger partial charge in [-0.3, -0.25) is 4.99 Å². The van der Waals surface area contributed by atoms with E-state index in [4.69, 9.17) is 9.47 Å². The van der Waals surface area contributed by atoms with E-state index in [2.05, 4.69) is 35.3 Å². The van der Waals surface area contributed by atoms with E-state index >= 15 is 0 Å². The molecule has 1 atom stereocenters. The zero-order chi connectivity index (χ0) is 16.7. The van der Waals surface area contributed by atoms with Crippen molar-refractivity contribution in [1.29, 1.82) is 0 Å². The van der Waals surface area contributed by atoms with Crippen LogP contribution in [-0.2, 0) is 9.47 Å². The second-order valence-corrected chi connectivity index (χ2v) is 8.53. The number of piperidine rings is 1. The fourth-order valence-electron chi connectivity index (χ4n) is 2.95. The summed E-state index contributed by atoms with van der Waals surface area (Å²) in [6, 6.07) is 0. The summed E-state index contributed by atoms with van der Waals surface area (Å²) in [5.74, 6) is 1.02. The Kier molecular flexibility index (Phi) is 10.3. The van der Waals surface area contributed by atoms with Crippen molar-refractivity contribution in [3.63, 3.8) is 0 Å². The van der Waals surface area contributed by atoms with Gasteiger partial charge in [-0.05, 0) is 45.8 Å². The first-order valence-corrected chi connectivity index (χ1v) is 10.0. The Balaban J connectivity index is 0.00000288. The number of ether oxygens (including phenoxy) is 2. The average molecular weight is 471 g/mol. The summed E-state index contributed by atoms with van der Waals surface area (Å²) in [7, 11) is 1.87. The van der Waals surface area contributed by atoms with Crippen molar-refractivity contribution in [2.45, 2.75) is 56.5 Å². The van der Waals surface area contributed by atoms with Gasteiger partial charge in [0, 0.05) is 38.0 Å². The van der Waals surface area contributed by atoms with Crippen molar-refractivity contribution in [2.75, 3.05) is 46.2 Å². The van der Waals surface area contributed by atoms with Crippen LogP contribution >= 0.6 is 35.7 Å². The van der Waals surface area contributed by atoms with E-state index in [0.717, 1.165) is 58.1 Å². The Morgan fingerprint density at radius 1 is 1.33 bits per heavy atom. The molecular formula is C17H34IN3O2S. The van der Waals surface area contributed by atoms with Gasteiger partial charge >= 0.3 is 0 Å². The van der Waals surface area contributed by atoms with Crippen LogP contribution in [0.15, 0.2) is 4.99 Å². The fourth-order valence-corrected chi connectivity index (χ4v) is 3.17. The standard InChI is InChI=1S/C17H33N3O2S.HI/c1-17(2,23-4)13-19-16(18-3)20-9-7-14(8-10-20)22-12-15-6-5-11-21-15;/h14-15H,5-13H2,1-4H3,(H,18,19);1H. The van der Waals surface area contributed by atoms with Crippen LogP contribution in [0.4, 0.5) is 0 Å². The maximum Gasteiger partial charge on any atom is 0.193 e. The molecule has 2 heterocycles. The van der Waals surface area contributed by atoms with Gasteiger partial charge in [0.15, 0.2) is 5.96 Å². The molecule has 0 saturated carbocycles. The molecule has 2 rings (SSSR count). The summed E-state index contributed by atoms with van der Waals surface area (Å²) in [4.78, 5) is 6.79. The molecule has 0 radical (unpaired) electrons. The molecule has 0 aliphatic carbocycles. The van der Waals surface area contributed by atoms with Crippen LogP contribution in [0.3, 0.4) is 0 Å². The molecule has 2 aliphatic rings. The molecule has 0 aromatic carbocycles. The van der Waals surface area contributed by atoms with Crippen molar-refractivity contribution in [3.05, 3.63) is 0 Å². The van der Waals surface area contributed by atoms with Crippen LogP contribution in [0.2, 0.25) is 0 Å². The Morgan fingerprint density at radius 3 is 2.58 bits per heavy atom. The zero-order valence-electron chi connectivity index (χ0n) is 15.5. The first-order chi connectivity index (χ1) is 11.0. The van der Waals surface area contributed by atoms with Gasteiger partial charge in [0.05, 0.1) is 18.8 Å². The van der Waals surface area contributed by atoms with Crippen molar-refractivity contribution in [1.82, 2.24) is 10.2 Å². The minimum Gasteiger partial charge on any atom is -0.376 e. The third-order valence-corrected chi connectivity index (χ3v) is 5.97. The van der Waals surface area contributed by atoms with E-state index in [1.54, 1.807) is 0 Å². The summed E-state index contributed by atoms with van der Waals surface area (Å²) < 4.78 is 11.9. The van der Waals surface area contributed by atoms with Gasteiger partial charge in [-0.25, -0.2) is 0 Å². The van der Waals surface area contributed by atoms with Gasteiger partial charge < -0.3 is 19.7 Å². The van der Waals surface area contributed by atoms with Crippen LogP contribution in [0.25, 0.3) is 0 Å². The molecular weight excluding hydrogens is 437 g/mol. The average Bonchev–Trinajstić information content (AvgIpc) is 3.08. The molecule has 7 heteroatoms. The SMILES string of the molecule is CN=C(NCC(C)(C)SC)N1CCC(OCC2CCCO2)CC1.I. The second-order valence-electron chi connectivity index (χ2n) is 7.02. The van der Waals surface area contributed by atoms with Crippen LogP contribution < -0.4 is 5.32 Å². The summed E-state index contributed by atoms with van der Waals surface area (Å²) in [6.07, 6.45) is 7.33. The lowest BCUT2D eigenvalue weighted by molar-refractivity contribution is -0.0367. The Bertz CT molecular complexity index is 382. The monoisotopic (exact) mass is 471 g/mol. The third kappa shape index (κ3) is 7.25. The van der Waals surface area contributed by atoms with Crippen LogP contribution in [0.5, 0.6) is 0 Å². The van der Waals surface area contributed by atoms with Crippen LogP contribution in [0.1, 0.15) is 39.5 Å². The maximum atomic E-state index is 6.04. The molecule has 2 fully saturated rings. The molecule has 0 aromatic heterocycles. The summed E-state index contributed by atoms with van der Waals surface area (Å²) in [6.45, 7) is 9.12. The normalized spacial score (nSPS) is 23.2. The minimum absolute atomic E-state index is 0. The molecule has 142 valence electrons. The van der Waals surface area contributed by atoms with Gasteiger partial charge in [0.25, 0.3) is 0 Å². The first-order valence-electron chi connectivity index (χ1n) is 8.78. The highest BCUT2D eigenvalue weighted by atomic mass is 127. The van der Waals surface area contributed by atoms with E-state index in [1.807, 2.05) is 18.8 Å². The Hall–Kier alpha value is 0.270. The molecule has 2 saturated heterocycles. The lowest BCUT2D eigenvalue weighted by Gasteiger charge is -2.35. The topological polar surface area (TPSA) is 46.1 Å². The lowest BCUT2D eigenvalue weighted by atomic mass is 10.1. The molecule has 0 aromatic rings. The van der Waals surface area contributed by atoms with Crippen LogP contribution in [0, 0.1) is 0 Å². The number of aliphatic imine (C=N–C) groups is 1. The highest BCUT2D eigenvalue weighted by molar-refractivity contribution is 14.0. The van der Waals surface area contributed by atoms with E-state index in [9.17, 15) is 0 Å². The van der Waals surface area contributed by atoms with Crippen LogP contribution in [-0.4, -0.2) is 74.0 Å². The molecule has 1 unspecified atom stereocenters. The molecule has 5 nitrogen and oxygen atoms in total. The van der Waals surface area contributed by atoms with Crippen molar-refractivity contribution >= 4 is 41.7 Å². The number of nitrogens with one attached hydrogen (secondary N) is 1. The number of likely N-dealkylation sites (tertiary alicyclic amines) is 1. The molecule has 1 N–H and O–H groups in total. The second kappa shape index (κ2) is 11.1. The number of rotatable bonds is 6. The highest BCUT2D eigenvalue weighted by Gasteiger charge is 2.25. The molecule has 2 aliphatic heterocycles. The Morgan fingerprint density at radius 2 is 2.04 bits per heavy atom. The van der Waals surface area contributed by atoms with Gasteiger partial charge in [0.2, 0.25) is 0 Å². The lowest BCUT2D eigenvalue weighted by Crippen LogP contribution is -2.49. The molecule has 24 heavy (non-hydrogen) atoms. The van der Waals surface area contributed by atoms with Gasteiger partial charge in [-0.1, -0.05) is 0 Å². The number of hydrogen-bond acceptors (Lipinski definition) is 4. The smallest absolute Gasteiger partial charge is 0.193 e. The molecule has 0 spiro atoms. The van der Waals surface area contributed by atoms with Gasteiger partial charge in [-0.15, -0.1) is 24.0 Å². The van der Waals surface area contributed by atoms with E-state index in [-0.39, 0.29) is 28.7 Å².